The van der Waals surface area contributed by atoms with Crippen LogP contribution in [0.15, 0.2) is 121 Å². The van der Waals surface area contributed by atoms with Crippen molar-refractivity contribution in [3.63, 3.8) is 0 Å². The summed E-state index contributed by atoms with van der Waals surface area (Å²) in [6.07, 6.45) is 12.1. The first kappa shape index (κ1) is 25.0. The maximum Gasteiger partial charge on any atom is -0.0238 e. The van der Waals surface area contributed by atoms with E-state index in [0.717, 1.165) is 21.3 Å². The van der Waals surface area contributed by atoms with Crippen molar-refractivity contribution in [2.75, 3.05) is 0 Å². The number of aryl methyl sites for hydroxylation is 2. The van der Waals surface area contributed by atoms with E-state index in [4.69, 9.17) is 0 Å². The molecular weight excluding hydrogens is 484 g/mol. The van der Waals surface area contributed by atoms with Gasteiger partial charge in [0.2, 0.25) is 0 Å². The molecule has 2 aliphatic rings. The van der Waals surface area contributed by atoms with Gasteiger partial charge in [0, 0.05) is 0 Å². The van der Waals surface area contributed by atoms with E-state index in [2.05, 4.69) is 147 Å². The van der Waals surface area contributed by atoms with Crippen LogP contribution in [0, 0.1) is 0 Å². The van der Waals surface area contributed by atoms with Crippen LogP contribution in [0.1, 0.15) is 41.8 Å². The predicted octanol–water partition coefficient (Wildman–Crippen LogP) is 8.60. The van der Waals surface area contributed by atoms with E-state index in [1.165, 1.54) is 22.3 Å². The van der Waals surface area contributed by atoms with E-state index in [1.807, 2.05) is 0 Å². The molecular formula is C34H35SiTi. The normalized spacial score (nSPS) is 16.9. The third-order valence-corrected chi connectivity index (χ3v) is 21.7. The first-order chi connectivity index (χ1) is 17.7. The molecule has 2 heteroatoms. The third kappa shape index (κ3) is 5.81. The summed E-state index contributed by atoms with van der Waals surface area (Å²) in [5.74, 6) is 0. The summed E-state index contributed by atoms with van der Waals surface area (Å²) in [6, 6.07) is 39.3. The summed E-state index contributed by atoms with van der Waals surface area (Å²) in [5, 5.41) is 0. The molecule has 4 aromatic rings. The summed E-state index contributed by atoms with van der Waals surface area (Å²) in [6.45, 7) is 4.52. The van der Waals surface area contributed by atoms with Crippen LogP contribution in [0.3, 0.4) is 0 Å². The summed E-state index contributed by atoms with van der Waals surface area (Å²) in [7, 11) is 0. The number of benzene rings is 4. The van der Waals surface area contributed by atoms with Gasteiger partial charge in [-0.1, -0.05) is 60.7 Å². The van der Waals surface area contributed by atoms with Gasteiger partial charge in [-0.3, -0.25) is 0 Å². The minimum atomic E-state index is -1.25. The second kappa shape index (κ2) is 12.0. The Kier molecular flexibility index (Phi) is 8.33. The molecule has 0 heterocycles. The Morgan fingerprint density at radius 2 is 0.917 bits per heavy atom. The van der Waals surface area contributed by atoms with Gasteiger partial charge in [-0.05, 0) is 24.0 Å². The fourth-order valence-electron chi connectivity index (χ4n) is 5.57. The average molecular weight is 520 g/mol. The molecule has 0 aliphatic heterocycles. The van der Waals surface area contributed by atoms with Gasteiger partial charge in [0.1, 0.15) is 0 Å². The first-order valence-electron chi connectivity index (χ1n) is 13.2. The maximum atomic E-state index is 2.58. The van der Waals surface area contributed by atoms with Gasteiger partial charge in [-0.2, -0.15) is 0 Å². The Morgan fingerprint density at radius 3 is 1.33 bits per heavy atom. The van der Waals surface area contributed by atoms with Crippen LogP contribution < -0.4 is 0 Å². The van der Waals surface area contributed by atoms with Crippen molar-refractivity contribution in [1.29, 1.82) is 0 Å². The van der Waals surface area contributed by atoms with Crippen LogP contribution in [-0.4, -0.2) is 6.66 Å². The van der Waals surface area contributed by atoms with Crippen LogP contribution in [-0.2, 0) is 30.0 Å². The molecule has 0 radical (unpaired) electrons. The minimum Gasteiger partial charge on any atom is -0.0622 e. The van der Waals surface area contributed by atoms with Crippen LogP contribution in [0.2, 0.25) is 13.1 Å². The van der Waals surface area contributed by atoms with Crippen molar-refractivity contribution in [1.82, 2.24) is 0 Å². The second-order valence-electron chi connectivity index (χ2n) is 10.1. The second-order valence-corrected chi connectivity index (χ2v) is 24.0. The molecule has 0 aromatic heterocycles. The van der Waals surface area contributed by atoms with Crippen LogP contribution >= 0.6 is 0 Å². The van der Waals surface area contributed by atoms with Crippen molar-refractivity contribution >= 4 is 18.8 Å². The number of rotatable bonds is 6. The maximum absolute atomic E-state index is 2.58. The Balaban J connectivity index is 0.000000165. The number of allylic oxidation sites excluding steroid dienone is 2. The monoisotopic (exact) mass is 519 g/mol. The Hall–Kier alpha value is -2.71. The van der Waals surface area contributed by atoms with E-state index in [9.17, 15) is 0 Å². The first-order valence-corrected chi connectivity index (χ1v) is 20.6. The standard InChI is InChI=1S/C14H14.2C9H7.C2H7Si.Ti/c1-3-7-13(8-4-1)11-12-14-9-5-2-6-10-14;2*1-2-5-9-7-3-6-8(9)4-1;1-3-2;/h1-10H,11-12H2;2*1-7H;3H,1-2H3;. The molecule has 36 heavy (non-hydrogen) atoms. The molecule has 0 saturated carbocycles. The molecule has 2 atom stereocenters. The van der Waals surface area contributed by atoms with Crippen molar-refractivity contribution in [2.24, 2.45) is 0 Å². The number of hydrogen-bond donors (Lipinski definition) is 0. The van der Waals surface area contributed by atoms with Crippen LogP contribution in [0.4, 0.5) is 0 Å². The summed E-state index contributed by atoms with van der Waals surface area (Å²) < 4.78 is 1.51. The smallest absolute Gasteiger partial charge is 0.0238 e. The molecule has 0 saturated heterocycles. The molecule has 0 spiro atoms. The molecule has 0 amide bonds. The molecule has 0 bridgehead atoms. The Labute approximate surface area is 224 Å². The molecule has 6 rings (SSSR count). The van der Waals surface area contributed by atoms with E-state index < -0.39 is 23.8 Å². The molecule has 0 nitrogen and oxygen atoms in total. The fraction of sp³-hybridized carbons (Fsp3) is 0.176. The zero-order chi connectivity index (χ0) is 24.7. The number of fused-ring (bicyclic) bond motifs is 2. The Bertz CT molecular complexity index is 1220. The summed E-state index contributed by atoms with van der Waals surface area (Å²) >= 11 is -1.25. The van der Waals surface area contributed by atoms with Crippen molar-refractivity contribution in [2.45, 2.75) is 34.4 Å². The predicted molar refractivity (Wildman–Crippen MR) is 156 cm³/mol. The number of hydrogen-bond acceptors (Lipinski definition) is 0. The van der Waals surface area contributed by atoms with Gasteiger partial charge in [0.25, 0.3) is 0 Å². The molecule has 0 fully saturated rings. The van der Waals surface area contributed by atoms with E-state index in [0.29, 0.717) is 0 Å². The van der Waals surface area contributed by atoms with E-state index >= 15 is 0 Å². The van der Waals surface area contributed by atoms with Gasteiger partial charge in [-0.25, -0.2) is 0 Å². The SMILES string of the molecule is C[SiH](C)[Ti]([CH]1C=Cc2ccccc21)[CH]1C=Cc2ccccc21.c1ccc(CCc2ccccc2)cc1. The van der Waals surface area contributed by atoms with Crippen molar-refractivity contribution in [3.8, 4) is 0 Å². The topological polar surface area (TPSA) is 0 Å². The molecule has 179 valence electrons. The quantitative estimate of drug-likeness (QED) is 0.224. The molecule has 2 aliphatic carbocycles. The molecule has 2 unspecified atom stereocenters. The van der Waals surface area contributed by atoms with Gasteiger partial charge < -0.3 is 0 Å². The molecule has 0 N–H and O–H groups in total. The zero-order valence-electron chi connectivity index (χ0n) is 21.3. The van der Waals surface area contributed by atoms with Crippen LogP contribution in [0.25, 0.3) is 12.2 Å². The average Bonchev–Trinajstić information content (AvgIpc) is 3.54. The minimum absolute atomic E-state index is 0.645. The van der Waals surface area contributed by atoms with Gasteiger partial charge >= 0.3 is 140 Å². The summed E-state index contributed by atoms with van der Waals surface area (Å²) in [4.78, 5) is 0. The van der Waals surface area contributed by atoms with E-state index in [1.54, 1.807) is 11.1 Å². The van der Waals surface area contributed by atoms with Crippen LogP contribution in [0.5, 0.6) is 0 Å². The van der Waals surface area contributed by atoms with Gasteiger partial charge in [-0.15, -0.1) is 0 Å². The third-order valence-electron chi connectivity index (χ3n) is 7.37. The summed E-state index contributed by atoms with van der Waals surface area (Å²) in [5.41, 5.74) is 8.96. The fourth-order valence-corrected chi connectivity index (χ4v) is 19.7. The van der Waals surface area contributed by atoms with Gasteiger partial charge in [0.05, 0.1) is 0 Å². The Morgan fingerprint density at radius 1 is 0.528 bits per heavy atom. The van der Waals surface area contributed by atoms with Crippen molar-refractivity contribution in [3.05, 3.63) is 155 Å². The van der Waals surface area contributed by atoms with E-state index in [-0.39, 0.29) is 0 Å². The zero-order valence-corrected chi connectivity index (χ0v) is 24.1. The van der Waals surface area contributed by atoms with Gasteiger partial charge in [0.15, 0.2) is 0 Å². The van der Waals surface area contributed by atoms with Crippen molar-refractivity contribution < 1.29 is 17.1 Å². The largest absolute Gasteiger partial charge is 0.0622 e. The molecule has 4 aromatic carbocycles.